The van der Waals surface area contributed by atoms with Crippen LogP contribution in [0.3, 0.4) is 0 Å². The molecule has 1 amide bonds. The van der Waals surface area contributed by atoms with Gasteiger partial charge in [-0.05, 0) is 25.7 Å². The van der Waals surface area contributed by atoms with Gasteiger partial charge in [0.1, 0.15) is 6.04 Å². The summed E-state index contributed by atoms with van der Waals surface area (Å²) in [5.74, 6) is -0.842. The monoisotopic (exact) mass is 258 g/mol. The normalized spacial score (nSPS) is 20.1. The number of carboxylic acid groups (broad SMARTS) is 1. The topological polar surface area (TPSA) is 87.7 Å². The Hall–Kier alpha value is -1.14. The molecule has 0 bridgehead atoms. The van der Waals surface area contributed by atoms with E-state index in [1.807, 2.05) is 6.92 Å². The zero-order valence-corrected chi connectivity index (χ0v) is 10.9. The summed E-state index contributed by atoms with van der Waals surface area (Å²) in [5, 5.41) is 14.6. The Morgan fingerprint density at radius 3 is 2.50 bits per heavy atom. The molecule has 0 radical (unpaired) electrons. The zero-order valence-electron chi connectivity index (χ0n) is 10.9. The van der Waals surface area contributed by atoms with Crippen LogP contribution in [0.15, 0.2) is 0 Å². The van der Waals surface area contributed by atoms with E-state index in [1.165, 1.54) is 6.92 Å². The first-order valence-electron chi connectivity index (χ1n) is 6.31. The average Bonchev–Trinajstić information content (AvgIpc) is 2.34. The molecule has 1 rings (SSSR count). The molecule has 2 atom stereocenters. The van der Waals surface area contributed by atoms with Crippen molar-refractivity contribution in [3.63, 3.8) is 0 Å². The third-order valence-electron chi connectivity index (χ3n) is 3.29. The maximum absolute atomic E-state index is 10.9. The quantitative estimate of drug-likeness (QED) is 0.623. The third-order valence-corrected chi connectivity index (χ3v) is 3.29. The fraction of sp³-hybridized carbons (Fsp3) is 0.833. The smallest absolute Gasteiger partial charge is 0.327 e. The Morgan fingerprint density at radius 2 is 2.00 bits per heavy atom. The summed E-state index contributed by atoms with van der Waals surface area (Å²) in [6.07, 6.45) is 1.98. The van der Waals surface area contributed by atoms with Crippen molar-refractivity contribution >= 4 is 11.9 Å². The molecule has 0 aromatic heterocycles. The van der Waals surface area contributed by atoms with E-state index in [0.717, 1.165) is 26.1 Å². The lowest BCUT2D eigenvalue weighted by molar-refractivity contribution is -0.141. The number of hydrogen-bond donors (Lipinski definition) is 3. The summed E-state index contributed by atoms with van der Waals surface area (Å²) in [5.41, 5.74) is 0. The summed E-state index contributed by atoms with van der Waals surface area (Å²) in [6, 6.07) is -0.644. The first kappa shape index (κ1) is 14.9. The molecule has 0 aromatic carbocycles. The van der Waals surface area contributed by atoms with E-state index in [1.54, 1.807) is 0 Å². The molecule has 6 nitrogen and oxygen atoms in total. The van der Waals surface area contributed by atoms with E-state index in [9.17, 15) is 9.59 Å². The number of ether oxygens (including phenoxy) is 1. The molecule has 0 aromatic rings. The van der Waals surface area contributed by atoms with Crippen molar-refractivity contribution in [1.82, 2.24) is 10.6 Å². The lowest BCUT2D eigenvalue weighted by Crippen LogP contribution is -2.49. The Bertz CT molecular complexity index is 290. The minimum Gasteiger partial charge on any atom is -0.480 e. The molecule has 2 unspecified atom stereocenters. The van der Waals surface area contributed by atoms with Crippen LogP contribution < -0.4 is 10.6 Å². The lowest BCUT2D eigenvalue weighted by atomic mass is 9.93. The Balaban J connectivity index is 2.35. The van der Waals surface area contributed by atoms with E-state index < -0.39 is 12.0 Å². The molecule has 104 valence electrons. The fourth-order valence-corrected chi connectivity index (χ4v) is 2.13. The molecule has 1 fully saturated rings. The van der Waals surface area contributed by atoms with E-state index in [0.29, 0.717) is 5.92 Å². The minimum atomic E-state index is -1.02. The summed E-state index contributed by atoms with van der Waals surface area (Å²) in [4.78, 5) is 21.8. The fourth-order valence-electron chi connectivity index (χ4n) is 2.13. The molecule has 0 spiro atoms. The van der Waals surface area contributed by atoms with Gasteiger partial charge in [-0.25, -0.2) is 4.79 Å². The van der Waals surface area contributed by atoms with Crippen LogP contribution in [0.1, 0.15) is 26.7 Å². The van der Waals surface area contributed by atoms with Gasteiger partial charge in [0, 0.05) is 32.7 Å². The number of hydrogen-bond acceptors (Lipinski definition) is 4. The molecule has 1 saturated heterocycles. The molecule has 6 heteroatoms. The molecule has 1 heterocycles. The van der Waals surface area contributed by atoms with Crippen LogP contribution in [-0.2, 0) is 14.3 Å². The predicted octanol–water partition coefficient (Wildman–Crippen LogP) is -0.0196. The highest BCUT2D eigenvalue weighted by molar-refractivity contribution is 5.82. The lowest BCUT2D eigenvalue weighted by Gasteiger charge is -2.29. The maximum atomic E-state index is 10.9. The SMILES string of the molecule is CC(=O)NC(CNC(C)C1CCOCC1)C(=O)O. The van der Waals surface area contributed by atoms with Crippen LogP contribution in [0.5, 0.6) is 0 Å². The summed E-state index contributed by atoms with van der Waals surface area (Å²) in [6.45, 7) is 5.14. The van der Waals surface area contributed by atoms with Crippen molar-refractivity contribution in [1.29, 1.82) is 0 Å². The Kier molecular flexibility index (Phi) is 6.07. The number of rotatable bonds is 6. The van der Waals surface area contributed by atoms with Gasteiger partial charge >= 0.3 is 5.97 Å². The van der Waals surface area contributed by atoms with Gasteiger partial charge in [0.2, 0.25) is 5.91 Å². The standard InChI is InChI=1S/C12H22N2O4/c1-8(10-3-5-18-6-4-10)13-7-11(12(16)17)14-9(2)15/h8,10-11,13H,3-7H2,1-2H3,(H,14,15)(H,16,17). The summed E-state index contributed by atoms with van der Waals surface area (Å²) >= 11 is 0. The first-order chi connectivity index (χ1) is 8.50. The molecular weight excluding hydrogens is 236 g/mol. The van der Waals surface area contributed by atoms with E-state index in [-0.39, 0.29) is 18.5 Å². The first-order valence-corrected chi connectivity index (χ1v) is 6.31. The second-order valence-corrected chi connectivity index (χ2v) is 4.74. The molecule has 0 aliphatic carbocycles. The number of carboxylic acids is 1. The van der Waals surface area contributed by atoms with Crippen molar-refractivity contribution < 1.29 is 19.4 Å². The number of amides is 1. The molecule has 0 saturated carbocycles. The van der Waals surface area contributed by atoms with E-state index in [2.05, 4.69) is 10.6 Å². The highest BCUT2D eigenvalue weighted by Gasteiger charge is 2.23. The molecule has 18 heavy (non-hydrogen) atoms. The van der Waals surface area contributed by atoms with Gasteiger partial charge in [0.05, 0.1) is 0 Å². The van der Waals surface area contributed by atoms with Crippen molar-refractivity contribution in [3.05, 3.63) is 0 Å². The predicted molar refractivity (Wildman–Crippen MR) is 66.2 cm³/mol. The summed E-state index contributed by atoms with van der Waals surface area (Å²) in [7, 11) is 0. The minimum absolute atomic E-state index is 0.226. The third kappa shape index (κ3) is 5.01. The van der Waals surface area contributed by atoms with Crippen molar-refractivity contribution in [2.24, 2.45) is 5.92 Å². The highest BCUT2D eigenvalue weighted by atomic mass is 16.5. The van der Waals surface area contributed by atoms with Crippen molar-refractivity contribution in [2.45, 2.75) is 38.8 Å². The van der Waals surface area contributed by atoms with Crippen LogP contribution >= 0.6 is 0 Å². The van der Waals surface area contributed by atoms with Gasteiger partial charge < -0.3 is 20.5 Å². The van der Waals surface area contributed by atoms with Gasteiger partial charge in [0.25, 0.3) is 0 Å². The van der Waals surface area contributed by atoms with Gasteiger partial charge in [-0.2, -0.15) is 0 Å². The van der Waals surface area contributed by atoms with Crippen LogP contribution in [0.2, 0.25) is 0 Å². The van der Waals surface area contributed by atoms with E-state index in [4.69, 9.17) is 9.84 Å². The molecule has 1 aliphatic rings. The van der Waals surface area contributed by atoms with Crippen LogP contribution in [0.4, 0.5) is 0 Å². The second-order valence-electron chi connectivity index (χ2n) is 4.74. The van der Waals surface area contributed by atoms with Gasteiger partial charge in [0.15, 0.2) is 0 Å². The number of aliphatic carboxylic acids is 1. The largest absolute Gasteiger partial charge is 0.480 e. The van der Waals surface area contributed by atoms with Gasteiger partial charge in [-0.1, -0.05) is 0 Å². The van der Waals surface area contributed by atoms with Crippen LogP contribution in [0, 0.1) is 5.92 Å². The Morgan fingerprint density at radius 1 is 1.39 bits per heavy atom. The maximum Gasteiger partial charge on any atom is 0.327 e. The molecule has 1 aliphatic heterocycles. The van der Waals surface area contributed by atoms with Crippen molar-refractivity contribution in [3.8, 4) is 0 Å². The van der Waals surface area contributed by atoms with Gasteiger partial charge in [-0.15, -0.1) is 0 Å². The average molecular weight is 258 g/mol. The molecular formula is C12H22N2O4. The summed E-state index contributed by atoms with van der Waals surface area (Å²) < 4.78 is 5.29. The number of nitrogens with one attached hydrogen (secondary N) is 2. The number of carbonyl (C=O) groups is 2. The highest BCUT2D eigenvalue weighted by Crippen LogP contribution is 2.18. The van der Waals surface area contributed by atoms with Crippen molar-refractivity contribution in [2.75, 3.05) is 19.8 Å². The second kappa shape index (κ2) is 7.33. The van der Waals surface area contributed by atoms with Crippen LogP contribution in [0.25, 0.3) is 0 Å². The van der Waals surface area contributed by atoms with E-state index >= 15 is 0 Å². The number of carbonyl (C=O) groups excluding carboxylic acids is 1. The zero-order chi connectivity index (χ0) is 13.5. The van der Waals surface area contributed by atoms with Crippen LogP contribution in [-0.4, -0.2) is 48.8 Å². The molecule has 3 N–H and O–H groups in total. The Labute approximate surface area is 107 Å². The van der Waals surface area contributed by atoms with Gasteiger partial charge in [-0.3, -0.25) is 4.79 Å².